The molecule has 0 fully saturated rings. The van der Waals surface area contributed by atoms with E-state index in [1.54, 1.807) is 54.6 Å². The highest BCUT2D eigenvalue weighted by Gasteiger charge is 2.42. The number of halogens is 3. The molecule has 2 aromatic carbocycles. The predicted octanol–water partition coefficient (Wildman–Crippen LogP) is 4.43. The predicted molar refractivity (Wildman–Crippen MR) is 74.7 cm³/mol. The van der Waals surface area contributed by atoms with Gasteiger partial charge in [0.1, 0.15) is 0 Å². The number of nitrogens with one attached hydrogen (secondary N) is 1. The zero-order valence-corrected chi connectivity index (χ0v) is 10.9. The van der Waals surface area contributed by atoms with Crippen LogP contribution < -0.4 is 0 Å². The molecule has 5 heteroatoms. The van der Waals surface area contributed by atoms with E-state index in [9.17, 15) is 18.3 Å². The Labute approximate surface area is 118 Å². The molecule has 2 nitrogen and oxygen atoms in total. The van der Waals surface area contributed by atoms with Gasteiger partial charge in [-0.25, -0.2) is 0 Å². The van der Waals surface area contributed by atoms with Crippen molar-refractivity contribution >= 4 is 10.9 Å². The first kappa shape index (κ1) is 13.7. The normalized spacial score (nSPS) is 13.5. The number of rotatable bonds is 2. The minimum Gasteiger partial charge on any atom is -0.379 e. The molecule has 2 N–H and O–H groups in total. The molecule has 0 aliphatic carbocycles. The molecule has 0 aliphatic rings. The Morgan fingerprint density at radius 2 is 1.52 bits per heavy atom. The summed E-state index contributed by atoms with van der Waals surface area (Å²) in [4.78, 5) is 2.97. The van der Waals surface area contributed by atoms with E-state index in [-0.39, 0.29) is 5.56 Å². The van der Waals surface area contributed by atoms with Crippen molar-refractivity contribution in [2.75, 3.05) is 0 Å². The van der Waals surface area contributed by atoms with Gasteiger partial charge in [0.05, 0.1) is 5.69 Å². The molecule has 0 saturated carbocycles. The molecule has 1 atom stereocenters. The fourth-order valence-electron chi connectivity index (χ4n) is 2.44. The standard InChI is InChI=1S/C16H12F3NO/c17-16(18,19)15(21)13-11-8-4-5-9-12(11)20-14(13)10-6-2-1-3-7-10/h1-9,15,20-21H/t15-/m1/s1. The quantitative estimate of drug-likeness (QED) is 0.720. The summed E-state index contributed by atoms with van der Waals surface area (Å²) < 4.78 is 38.9. The molecule has 0 unspecified atom stereocenters. The molecule has 3 rings (SSSR count). The van der Waals surface area contributed by atoms with Crippen LogP contribution in [0.1, 0.15) is 11.7 Å². The van der Waals surface area contributed by atoms with E-state index < -0.39 is 12.3 Å². The Morgan fingerprint density at radius 3 is 2.19 bits per heavy atom. The van der Waals surface area contributed by atoms with Crippen LogP contribution >= 0.6 is 0 Å². The number of aromatic amines is 1. The highest BCUT2D eigenvalue weighted by molar-refractivity contribution is 5.91. The molecular formula is C16H12F3NO. The Bertz CT molecular complexity index is 762. The van der Waals surface area contributed by atoms with Crippen LogP contribution in [0.4, 0.5) is 13.2 Å². The largest absolute Gasteiger partial charge is 0.418 e. The van der Waals surface area contributed by atoms with E-state index in [1.807, 2.05) is 0 Å². The third-order valence-electron chi connectivity index (χ3n) is 3.39. The molecule has 1 heterocycles. The van der Waals surface area contributed by atoms with E-state index in [0.717, 1.165) is 0 Å². The topological polar surface area (TPSA) is 36.0 Å². The average Bonchev–Trinajstić information content (AvgIpc) is 2.85. The maximum absolute atomic E-state index is 13.0. The van der Waals surface area contributed by atoms with E-state index in [2.05, 4.69) is 4.98 Å². The second-order valence-electron chi connectivity index (χ2n) is 4.77. The summed E-state index contributed by atoms with van der Waals surface area (Å²) in [5, 5.41) is 10.1. The van der Waals surface area contributed by atoms with Gasteiger partial charge in [0.25, 0.3) is 0 Å². The minimum atomic E-state index is -4.71. The van der Waals surface area contributed by atoms with E-state index in [4.69, 9.17) is 0 Å². The molecule has 108 valence electrons. The number of hydrogen-bond acceptors (Lipinski definition) is 1. The highest BCUT2D eigenvalue weighted by atomic mass is 19.4. The highest BCUT2D eigenvalue weighted by Crippen LogP contribution is 2.41. The number of H-pyrrole nitrogens is 1. The second kappa shape index (κ2) is 4.93. The van der Waals surface area contributed by atoms with Crippen molar-refractivity contribution in [2.45, 2.75) is 12.3 Å². The van der Waals surface area contributed by atoms with Crippen LogP contribution in [0.15, 0.2) is 54.6 Å². The zero-order chi connectivity index (χ0) is 15.0. The summed E-state index contributed by atoms with van der Waals surface area (Å²) in [5.41, 5.74) is 1.33. The minimum absolute atomic E-state index is 0.135. The van der Waals surface area contributed by atoms with Crippen LogP contribution in [0.2, 0.25) is 0 Å². The number of para-hydroxylation sites is 1. The number of benzene rings is 2. The number of fused-ring (bicyclic) bond motifs is 1. The van der Waals surface area contributed by atoms with Gasteiger partial charge in [0.2, 0.25) is 0 Å². The third-order valence-corrected chi connectivity index (χ3v) is 3.39. The van der Waals surface area contributed by atoms with Gasteiger partial charge < -0.3 is 10.1 Å². The van der Waals surface area contributed by atoms with Crippen molar-refractivity contribution in [3.63, 3.8) is 0 Å². The van der Waals surface area contributed by atoms with Crippen LogP contribution in [0, 0.1) is 0 Å². The van der Waals surface area contributed by atoms with Gasteiger partial charge in [-0.2, -0.15) is 13.2 Å². The van der Waals surface area contributed by atoms with E-state index in [0.29, 0.717) is 22.2 Å². The number of aliphatic hydroxyl groups is 1. The number of aliphatic hydroxyl groups excluding tert-OH is 1. The van der Waals surface area contributed by atoms with Crippen LogP contribution in [0.5, 0.6) is 0 Å². The fourth-order valence-corrected chi connectivity index (χ4v) is 2.44. The summed E-state index contributed by atoms with van der Waals surface area (Å²) in [5.74, 6) is 0. The first-order valence-corrected chi connectivity index (χ1v) is 6.39. The number of aromatic nitrogens is 1. The first-order valence-electron chi connectivity index (χ1n) is 6.39. The molecule has 3 aromatic rings. The van der Waals surface area contributed by atoms with Gasteiger partial charge in [-0.1, -0.05) is 48.5 Å². The Hall–Kier alpha value is -2.27. The average molecular weight is 291 g/mol. The van der Waals surface area contributed by atoms with Gasteiger partial charge in [0, 0.05) is 16.5 Å². The smallest absolute Gasteiger partial charge is 0.379 e. The molecular weight excluding hydrogens is 279 g/mol. The van der Waals surface area contributed by atoms with Crippen LogP contribution in [0.3, 0.4) is 0 Å². The van der Waals surface area contributed by atoms with Gasteiger partial charge in [-0.05, 0) is 11.6 Å². The molecule has 0 bridgehead atoms. The SMILES string of the molecule is O[C@H](c1c(-c2ccccc2)[nH]c2ccccc12)C(F)(F)F. The monoisotopic (exact) mass is 291 g/mol. The third kappa shape index (κ3) is 2.40. The number of alkyl halides is 3. The van der Waals surface area contributed by atoms with Crippen molar-refractivity contribution in [3.8, 4) is 11.3 Å². The Morgan fingerprint density at radius 1 is 0.905 bits per heavy atom. The van der Waals surface area contributed by atoms with Crippen molar-refractivity contribution in [3.05, 3.63) is 60.2 Å². The van der Waals surface area contributed by atoms with Gasteiger partial charge in [-0.15, -0.1) is 0 Å². The maximum Gasteiger partial charge on any atom is 0.418 e. The second-order valence-corrected chi connectivity index (χ2v) is 4.77. The van der Waals surface area contributed by atoms with Crippen molar-refractivity contribution in [1.29, 1.82) is 0 Å². The van der Waals surface area contributed by atoms with Crippen molar-refractivity contribution < 1.29 is 18.3 Å². The van der Waals surface area contributed by atoms with Gasteiger partial charge in [-0.3, -0.25) is 0 Å². The summed E-state index contributed by atoms with van der Waals surface area (Å²) in [6, 6.07) is 15.3. The Kier molecular flexibility index (Phi) is 3.22. The lowest BCUT2D eigenvalue weighted by Crippen LogP contribution is -2.20. The van der Waals surface area contributed by atoms with Crippen LogP contribution in [-0.4, -0.2) is 16.3 Å². The van der Waals surface area contributed by atoms with E-state index >= 15 is 0 Å². The number of hydrogen-bond donors (Lipinski definition) is 2. The summed E-state index contributed by atoms with van der Waals surface area (Å²) in [7, 11) is 0. The fraction of sp³-hybridized carbons (Fsp3) is 0.125. The zero-order valence-electron chi connectivity index (χ0n) is 10.9. The van der Waals surface area contributed by atoms with Crippen LogP contribution in [0.25, 0.3) is 22.2 Å². The van der Waals surface area contributed by atoms with Crippen molar-refractivity contribution in [2.24, 2.45) is 0 Å². The van der Waals surface area contributed by atoms with E-state index in [1.165, 1.54) is 0 Å². The Balaban J connectivity index is 2.29. The molecule has 0 saturated heterocycles. The molecule has 21 heavy (non-hydrogen) atoms. The molecule has 0 aliphatic heterocycles. The van der Waals surface area contributed by atoms with Crippen LogP contribution in [-0.2, 0) is 0 Å². The summed E-state index contributed by atoms with van der Waals surface area (Å²) in [6.45, 7) is 0. The van der Waals surface area contributed by atoms with Gasteiger partial charge >= 0.3 is 6.18 Å². The lowest BCUT2D eigenvalue weighted by atomic mass is 10.0. The molecule has 1 aromatic heterocycles. The summed E-state index contributed by atoms with van der Waals surface area (Å²) in [6.07, 6.45) is -7.24. The lowest BCUT2D eigenvalue weighted by molar-refractivity contribution is -0.206. The molecule has 0 radical (unpaired) electrons. The lowest BCUT2D eigenvalue weighted by Gasteiger charge is -2.16. The summed E-state index contributed by atoms with van der Waals surface area (Å²) >= 11 is 0. The molecule has 0 amide bonds. The van der Waals surface area contributed by atoms with Crippen molar-refractivity contribution in [1.82, 2.24) is 4.98 Å². The maximum atomic E-state index is 13.0. The van der Waals surface area contributed by atoms with Gasteiger partial charge in [0.15, 0.2) is 6.10 Å². The molecule has 0 spiro atoms. The first-order chi connectivity index (χ1) is 9.98.